The lowest BCUT2D eigenvalue weighted by molar-refractivity contribution is 0.491. The van der Waals surface area contributed by atoms with Crippen LogP contribution < -0.4 is 0 Å². The highest BCUT2D eigenvalue weighted by Crippen LogP contribution is 2.42. The molecule has 0 radical (unpaired) electrons. The maximum atomic E-state index is 3.40. The second-order valence-corrected chi connectivity index (χ2v) is 5.32. The Bertz CT molecular complexity index is 378. The second kappa shape index (κ2) is 4.48. The summed E-state index contributed by atoms with van der Waals surface area (Å²) >= 11 is 0. The quantitative estimate of drug-likeness (QED) is 0.763. The van der Waals surface area contributed by atoms with E-state index >= 15 is 0 Å². The van der Waals surface area contributed by atoms with Crippen LogP contribution >= 0.6 is 0 Å². The molecular weight excluding hydrogens is 194 g/mol. The molecule has 1 aliphatic carbocycles. The van der Waals surface area contributed by atoms with Crippen LogP contribution in [0.25, 0.3) is 6.08 Å². The van der Waals surface area contributed by atoms with Gasteiger partial charge in [0.05, 0.1) is 0 Å². The van der Waals surface area contributed by atoms with E-state index < -0.39 is 0 Å². The normalized spacial score (nSPS) is 19.7. The van der Waals surface area contributed by atoms with Gasteiger partial charge in [0.1, 0.15) is 0 Å². The SMILES string of the molecule is CC/C=C\c1c(C2(C)CCCC2)c[nH]c1C. The molecule has 2 rings (SSSR count). The first kappa shape index (κ1) is 11.5. The molecule has 0 aromatic carbocycles. The van der Waals surface area contributed by atoms with Crippen molar-refractivity contribution >= 4 is 6.08 Å². The van der Waals surface area contributed by atoms with Crippen molar-refractivity contribution in [2.75, 3.05) is 0 Å². The summed E-state index contributed by atoms with van der Waals surface area (Å²) in [6.07, 6.45) is 13.4. The lowest BCUT2D eigenvalue weighted by Gasteiger charge is -2.23. The van der Waals surface area contributed by atoms with Gasteiger partial charge in [-0.2, -0.15) is 0 Å². The van der Waals surface area contributed by atoms with Gasteiger partial charge in [0.25, 0.3) is 0 Å². The van der Waals surface area contributed by atoms with E-state index in [0.29, 0.717) is 5.41 Å². The van der Waals surface area contributed by atoms with Crippen molar-refractivity contribution in [1.29, 1.82) is 0 Å². The number of H-pyrrole nitrogens is 1. The summed E-state index contributed by atoms with van der Waals surface area (Å²) in [6, 6.07) is 0. The molecule has 1 N–H and O–H groups in total. The van der Waals surface area contributed by atoms with Crippen molar-refractivity contribution in [3.63, 3.8) is 0 Å². The number of nitrogens with one attached hydrogen (secondary N) is 1. The van der Waals surface area contributed by atoms with E-state index in [9.17, 15) is 0 Å². The van der Waals surface area contributed by atoms with Gasteiger partial charge in [-0.3, -0.25) is 0 Å². The Morgan fingerprint density at radius 3 is 2.69 bits per heavy atom. The van der Waals surface area contributed by atoms with Gasteiger partial charge in [-0.1, -0.05) is 38.8 Å². The third-order valence-corrected chi connectivity index (χ3v) is 4.00. The summed E-state index contributed by atoms with van der Waals surface area (Å²) in [5.74, 6) is 0. The zero-order valence-electron chi connectivity index (χ0n) is 10.8. The monoisotopic (exact) mass is 217 g/mol. The fraction of sp³-hybridized carbons (Fsp3) is 0.600. The molecule has 0 unspecified atom stereocenters. The minimum absolute atomic E-state index is 0.415. The summed E-state index contributed by atoms with van der Waals surface area (Å²) in [4.78, 5) is 3.40. The molecule has 1 nitrogen and oxygen atoms in total. The van der Waals surface area contributed by atoms with Crippen LogP contribution in [0.15, 0.2) is 12.3 Å². The molecule has 1 aliphatic rings. The fourth-order valence-corrected chi connectivity index (χ4v) is 2.91. The Hall–Kier alpha value is -0.980. The highest BCUT2D eigenvalue weighted by atomic mass is 14.7. The Balaban J connectivity index is 2.37. The Morgan fingerprint density at radius 2 is 2.06 bits per heavy atom. The number of aromatic amines is 1. The van der Waals surface area contributed by atoms with E-state index in [1.165, 1.54) is 42.5 Å². The van der Waals surface area contributed by atoms with Gasteiger partial charge >= 0.3 is 0 Å². The van der Waals surface area contributed by atoms with Gasteiger partial charge in [0, 0.05) is 11.9 Å². The zero-order chi connectivity index (χ0) is 11.6. The highest BCUT2D eigenvalue weighted by molar-refractivity contribution is 5.58. The summed E-state index contributed by atoms with van der Waals surface area (Å²) < 4.78 is 0. The van der Waals surface area contributed by atoms with Crippen molar-refractivity contribution in [1.82, 2.24) is 4.98 Å². The van der Waals surface area contributed by atoms with Gasteiger partial charge in [-0.15, -0.1) is 0 Å². The van der Waals surface area contributed by atoms with E-state index in [0.717, 1.165) is 6.42 Å². The smallest absolute Gasteiger partial charge is 0.0192 e. The second-order valence-electron chi connectivity index (χ2n) is 5.32. The number of rotatable bonds is 3. The molecule has 1 aromatic rings. The van der Waals surface area contributed by atoms with Crippen molar-refractivity contribution in [2.45, 2.75) is 58.3 Å². The summed E-state index contributed by atoms with van der Waals surface area (Å²) in [6.45, 7) is 6.79. The third kappa shape index (κ3) is 1.95. The molecule has 0 atom stereocenters. The van der Waals surface area contributed by atoms with Gasteiger partial charge in [-0.05, 0) is 42.7 Å². The van der Waals surface area contributed by atoms with E-state index in [4.69, 9.17) is 0 Å². The van der Waals surface area contributed by atoms with Crippen molar-refractivity contribution in [3.05, 3.63) is 29.1 Å². The average Bonchev–Trinajstić information content (AvgIpc) is 2.84. The zero-order valence-corrected chi connectivity index (χ0v) is 10.8. The number of hydrogen-bond donors (Lipinski definition) is 1. The largest absolute Gasteiger partial charge is 0.364 e. The van der Waals surface area contributed by atoms with Gasteiger partial charge < -0.3 is 4.98 Å². The highest BCUT2D eigenvalue weighted by Gasteiger charge is 2.32. The van der Waals surface area contributed by atoms with E-state index in [2.05, 4.69) is 44.1 Å². The number of allylic oxidation sites excluding steroid dienone is 1. The third-order valence-electron chi connectivity index (χ3n) is 4.00. The molecule has 0 aliphatic heterocycles. The molecule has 1 fully saturated rings. The first-order chi connectivity index (χ1) is 7.67. The topological polar surface area (TPSA) is 15.8 Å². The molecule has 16 heavy (non-hydrogen) atoms. The molecule has 1 aromatic heterocycles. The fourth-order valence-electron chi connectivity index (χ4n) is 2.91. The van der Waals surface area contributed by atoms with Crippen LogP contribution in [-0.4, -0.2) is 4.98 Å². The average molecular weight is 217 g/mol. The molecular formula is C15H23N. The maximum absolute atomic E-state index is 3.40. The molecule has 0 spiro atoms. The van der Waals surface area contributed by atoms with Gasteiger partial charge in [0.2, 0.25) is 0 Å². The molecule has 88 valence electrons. The Morgan fingerprint density at radius 1 is 1.38 bits per heavy atom. The Kier molecular flexibility index (Phi) is 3.22. The predicted octanol–water partition coefficient (Wildman–Crippen LogP) is 4.58. The van der Waals surface area contributed by atoms with Crippen molar-refractivity contribution < 1.29 is 0 Å². The molecule has 0 bridgehead atoms. The standard InChI is InChI=1S/C15H23N/c1-4-5-8-13-12(2)16-11-14(13)15(3)9-6-7-10-15/h5,8,11,16H,4,6-7,9-10H2,1-3H3/b8-5-. The molecule has 1 heterocycles. The first-order valence-electron chi connectivity index (χ1n) is 6.52. The van der Waals surface area contributed by atoms with Crippen molar-refractivity contribution in [2.24, 2.45) is 0 Å². The van der Waals surface area contributed by atoms with E-state index in [1.54, 1.807) is 0 Å². The van der Waals surface area contributed by atoms with Crippen molar-refractivity contribution in [3.8, 4) is 0 Å². The van der Waals surface area contributed by atoms with Gasteiger partial charge in [-0.25, -0.2) is 0 Å². The van der Waals surface area contributed by atoms with Crippen LogP contribution in [-0.2, 0) is 5.41 Å². The lowest BCUT2D eigenvalue weighted by Crippen LogP contribution is -2.17. The molecule has 0 amide bonds. The first-order valence-corrected chi connectivity index (χ1v) is 6.52. The molecule has 0 saturated heterocycles. The van der Waals surface area contributed by atoms with Crippen LogP contribution in [0.2, 0.25) is 0 Å². The predicted molar refractivity (Wildman–Crippen MR) is 70.7 cm³/mol. The summed E-state index contributed by atoms with van der Waals surface area (Å²) in [7, 11) is 0. The maximum Gasteiger partial charge on any atom is 0.0192 e. The van der Waals surface area contributed by atoms with Crippen LogP contribution in [0.4, 0.5) is 0 Å². The number of aromatic nitrogens is 1. The molecule has 1 heteroatoms. The van der Waals surface area contributed by atoms with Gasteiger partial charge in [0.15, 0.2) is 0 Å². The lowest BCUT2D eigenvalue weighted by atomic mass is 9.80. The minimum Gasteiger partial charge on any atom is -0.364 e. The number of aryl methyl sites for hydroxylation is 1. The van der Waals surface area contributed by atoms with E-state index in [-0.39, 0.29) is 0 Å². The Labute approximate surface area is 99.0 Å². The molecule has 1 saturated carbocycles. The summed E-state index contributed by atoms with van der Waals surface area (Å²) in [5, 5.41) is 0. The number of hydrogen-bond acceptors (Lipinski definition) is 0. The van der Waals surface area contributed by atoms with E-state index in [1.807, 2.05) is 0 Å². The van der Waals surface area contributed by atoms with Crippen LogP contribution in [0.1, 0.15) is 62.8 Å². The van der Waals surface area contributed by atoms with Crippen LogP contribution in [0.5, 0.6) is 0 Å². The van der Waals surface area contributed by atoms with Crippen LogP contribution in [0, 0.1) is 6.92 Å². The van der Waals surface area contributed by atoms with Crippen LogP contribution in [0.3, 0.4) is 0 Å². The summed E-state index contributed by atoms with van der Waals surface area (Å²) in [5.41, 5.74) is 4.70. The minimum atomic E-state index is 0.415.